The monoisotopic (exact) mass is 239 g/mol. The van der Waals surface area contributed by atoms with Crippen molar-refractivity contribution in [2.45, 2.75) is 19.5 Å². The summed E-state index contributed by atoms with van der Waals surface area (Å²) in [5, 5.41) is 9.22. The fourth-order valence-electron chi connectivity index (χ4n) is 1.51. The zero-order valence-electron chi connectivity index (χ0n) is 8.44. The van der Waals surface area contributed by atoms with E-state index in [1.54, 1.807) is 0 Å². The topological polar surface area (TPSA) is 28.0 Å². The van der Waals surface area contributed by atoms with Crippen LogP contribution >= 0.6 is 23.8 Å². The molecule has 15 heavy (non-hydrogen) atoms. The largest absolute Gasteiger partial charge is 0.289 e. The van der Waals surface area contributed by atoms with Crippen molar-refractivity contribution in [3.05, 3.63) is 29.3 Å². The average Bonchev–Trinajstić information content (AvgIpc) is 2.43. The lowest BCUT2D eigenvalue weighted by atomic mass is 10.2. The maximum atomic E-state index is 5.83. The molecule has 0 amide bonds. The SMILES string of the molecule is CC1(C)N=NC(=S)N1c1ccc(Cl)cc1. The standard InChI is InChI=1S/C10H10ClN3S/c1-10(2)13-12-9(15)14(10)8-5-3-7(11)4-6-8/h3-6H,1-2H3. The second kappa shape index (κ2) is 3.54. The number of rotatable bonds is 1. The van der Waals surface area contributed by atoms with Crippen LogP contribution in [0.3, 0.4) is 0 Å². The molecule has 0 aliphatic carbocycles. The molecule has 0 aromatic heterocycles. The van der Waals surface area contributed by atoms with Crippen LogP contribution in [0.15, 0.2) is 34.5 Å². The molecule has 0 unspecified atom stereocenters. The second-order valence-corrected chi connectivity index (χ2v) is 4.59. The lowest BCUT2D eigenvalue weighted by Gasteiger charge is -2.28. The number of thiocarbonyl (C=S) groups is 1. The van der Waals surface area contributed by atoms with Crippen molar-refractivity contribution in [1.82, 2.24) is 0 Å². The highest BCUT2D eigenvalue weighted by Crippen LogP contribution is 2.31. The highest BCUT2D eigenvalue weighted by molar-refractivity contribution is 7.80. The zero-order valence-corrected chi connectivity index (χ0v) is 10.0. The Morgan fingerprint density at radius 3 is 2.33 bits per heavy atom. The van der Waals surface area contributed by atoms with Gasteiger partial charge in [0.25, 0.3) is 0 Å². The molecule has 1 aliphatic rings. The maximum Gasteiger partial charge on any atom is 0.222 e. The molecular formula is C10H10ClN3S. The van der Waals surface area contributed by atoms with Crippen LogP contribution in [0, 0.1) is 0 Å². The van der Waals surface area contributed by atoms with E-state index in [1.165, 1.54) is 0 Å². The molecule has 0 fully saturated rings. The van der Waals surface area contributed by atoms with Gasteiger partial charge >= 0.3 is 0 Å². The second-order valence-electron chi connectivity index (χ2n) is 3.79. The average molecular weight is 240 g/mol. The first kappa shape index (κ1) is 10.5. The van der Waals surface area contributed by atoms with Crippen LogP contribution in [0.1, 0.15) is 13.8 Å². The van der Waals surface area contributed by atoms with Crippen LogP contribution in [0.5, 0.6) is 0 Å². The van der Waals surface area contributed by atoms with Gasteiger partial charge in [0, 0.05) is 10.7 Å². The number of hydrogen-bond acceptors (Lipinski definition) is 2. The summed E-state index contributed by atoms with van der Waals surface area (Å²) in [6.07, 6.45) is 0. The van der Waals surface area contributed by atoms with E-state index in [4.69, 9.17) is 23.8 Å². The Morgan fingerprint density at radius 2 is 1.87 bits per heavy atom. The molecule has 78 valence electrons. The number of benzene rings is 1. The summed E-state index contributed by atoms with van der Waals surface area (Å²) in [4.78, 5) is 1.90. The van der Waals surface area contributed by atoms with Gasteiger partial charge < -0.3 is 0 Å². The number of halogens is 1. The summed E-state index contributed by atoms with van der Waals surface area (Å²) in [6.45, 7) is 3.93. The van der Waals surface area contributed by atoms with Crippen LogP contribution in [0.2, 0.25) is 5.02 Å². The highest BCUT2D eigenvalue weighted by atomic mass is 35.5. The van der Waals surface area contributed by atoms with Gasteiger partial charge in [-0.15, -0.1) is 5.11 Å². The first-order valence-corrected chi connectivity index (χ1v) is 5.32. The van der Waals surface area contributed by atoms with Crippen LogP contribution in [0.4, 0.5) is 5.69 Å². The van der Waals surface area contributed by atoms with Gasteiger partial charge in [-0.05, 0) is 50.3 Å². The summed E-state index contributed by atoms with van der Waals surface area (Å²) in [6, 6.07) is 7.47. The quantitative estimate of drug-likeness (QED) is 0.700. The summed E-state index contributed by atoms with van der Waals surface area (Å²) >= 11 is 11.0. The van der Waals surface area contributed by atoms with Gasteiger partial charge in [-0.1, -0.05) is 11.6 Å². The van der Waals surface area contributed by atoms with Crippen LogP contribution in [-0.2, 0) is 0 Å². The molecular weight excluding hydrogens is 230 g/mol. The van der Waals surface area contributed by atoms with E-state index in [1.807, 2.05) is 43.0 Å². The number of nitrogens with zero attached hydrogens (tertiary/aromatic N) is 3. The molecule has 0 spiro atoms. The molecule has 0 saturated carbocycles. The molecule has 0 N–H and O–H groups in total. The van der Waals surface area contributed by atoms with Crippen molar-refractivity contribution >= 4 is 34.6 Å². The molecule has 1 aromatic carbocycles. The molecule has 1 heterocycles. The maximum absolute atomic E-state index is 5.83. The number of hydrogen-bond donors (Lipinski definition) is 0. The van der Waals surface area contributed by atoms with E-state index in [-0.39, 0.29) is 0 Å². The van der Waals surface area contributed by atoms with Crippen molar-refractivity contribution in [3.63, 3.8) is 0 Å². The molecule has 0 atom stereocenters. The van der Waals surface area contributed by atoms with Gasteiger partial charge in [0.05, 0.1) is 0 Å². The predicted octanol–water partition coefficient (Wildman–Crippen LogP) is 3.63. The van der Waals surface area contributed by atoms with E-state index in [9.17, 15) is 0 Å². The van der Waals surface area contributed by atoms with Crippen LogP contribution in [0.25, 0.3) is 0 Å². The first-order valence-electron chi connectivity index (χ1n) is 4.53. The molecule has 1 aliphatic heterocycles. The van der Waals surface area contributed by atoms with Gasteiger partial charge in [0.2, 0.25) is 5.11 Å². The van der Waals surface area contributed by atoms with E-state index in [0.29, 0.717) is 10.1 Å². The van der Waals surface area contributed by atoms with Gasteiger partial charge in [0.1, 0.15) is 0 Å². The van der Waals surface area contributed by atoms with Crippen molar-refractivity contribution < 1.29 is 0 Å². The molecule has 0 bridgehead atoms. The Balaban J connectivity index is 2.39. The highest BCUT2D eigenvalue weighted by Gasteiger charge is 2.34. The zero-order chi connectivity index (χ0) is 11.1. The third-order valence-corrected chi connectivity index (χ3v) is 2.72. The van der Waals surface area contributed by atoms with Crippen molar-refractivity contribution in [2.24, 2.45) is 10.2 Å². The van der Waals surface area contributed by atoms with Crippen molar-refractivity contribution in [1.29, 1.82) is 0 Å². The van der Waals surface area contributed by atoms with Crippen LogP contribution in [-0.4, -0.2) is 10.8 Å². The first-order chi connectivity index (χ1) is 7.00. The smallest absolute Gasteiger partial charge is 0.222 e. The fourth-order valence-corrected chi connectivity index (χ4v) is 2.00. The molecule has 5 heteroatoms. The van der Waals surface area contributed by atoms with Crippen molar-refractivity contribution in [2.75, 3.05) is 4.90 Å². The van der Waals surface area contributed by atoms with Crippen molar-refractivity contribution in [3.8, 4) is 0 Å². The predicted molar refractivity (Wildman–Crippen MR) is 65.5 cm³/mol. The van der Waals surface area contributed by atoms with Gasteiger partial charge in [-0.3, -0.25) is 4.90 Å². The molecule has 1 aromatic rings. The normalized spacial score (nSPS) is 18.6. The summed E-state index contributed by atoms with van der Waals surface area (Å²) in [5.74, 6) is 0. The minimum absolute atomic E-state index is 0.412. The Bertz CT molecular complexity index is 425. The lowest BCUT2D eigenvalue weighted by molar-refractivity contribution is 0.549. The minimum atomic E-state index is -0.412. The third-order valence-electron chi connectivity index (χ3n) is 2.20. The van der Waals surface area contributed by atoms with Gasteiger partial charge in [-0.25, -0.2) is 0 Å². The molecule has 2 rings (SSSR count). The lowest BCUT2D eigenvalue weighted by Crippen LogP contribution is -2.40. The molecule has 0 radical (unpaired) electrons. The van der Waals surface area contributed by atoms with E-state index >= 15 is 0 Å². The van der Waals surface area contributed by atoms with E-state index in [2.05, 4.69) is 10.2 Å². The fraction of sp³-hybridized carbons (Fsp3) is 0.300. The van der Waals surface area contributed by atoms with Gasteiger partial charge in [0.15, 0.2) is 5.66 Å². The van der Waals surface area contributed by atoms with E-state index < -0.39 is 5.66 Å². The van der Waals surface area contributed by atoms with Gasteiger partial charge in [-0.2, -0.15) is 5.11 Å². The number of anilines is 1. The summed E-state index contributed by atoms with van der Waals surface area (Å²) in [7, 11) is 0. The Hall–Kier alpha value is -1.00. The number of azo groups is 1. The third kappa shape index (κ3) is 1.87. The Kier molecular flexibility index (Phi) is 2.48. The minimum Gasteiger partial charge on any atom is -0.289 e. The molecule has 3 nitrogen and oxygen atoms in total. The summed E-state index contributed by atoms with van der Waals surface area (Å²) in [5.41, 5.74) is 0.546. The molecule has 0 saturated heterocycles. The summed E-state index contributed by atoms with van der Waals surface area (Å²) < 4.78 is 0. The Morgan fingerprint density at radius 1 is 1.27 bits per heavy atom. The van der Waals surface area contributed by atoms with Crippen LogP contribution < -0.4 is 4.90 Å². The van der Waals surface area contributed by atoms with E-state index in [0.717, 1.165) is 5.69 Å². The Labute approximate surface area is 98.8 Å².